The van der Waals surface area contributed by atoms with Crippen molar-refractivity contribution in [1.82, 2.24) is 0 Å². The lowest BCUT2D eigenvalue weighted by atomic mass is 9.77. The second-order valence-corrected chi connectivity index (χ2v) is 6.74. The molecule has 6 atom stereocenters. The van der Waals surface area contributed by atoms with Crippen LogP contribution in [-0.2, 0) is 4.74 Å². The first-order chi connectivity index (χ1) is 8.43. The maximum Gasteiger partial charge on any atom is 0.173 e. The van der Waals surface area contributed by atoms with Crippen molar-refractivity contribution in [3.8, 4) is 0 Å². The Labute approximate surface area is 109 Å². The molecule has 2 bridgehead atoms. The standard InChI is InChI=1S/C15H24O3/c1-9-6-15(17)13(10(2)8-16)7-14(18-15)11(3)4-5-12(9)14/h10-13,16-17H,1,4-8H2,2-3H3. The van der Waals surface area contributed by atoms with E-state index in [4.69, 9.17) is 4.74 Å². The van der Waals surface area contributed by atoms with Crippen LogP contribution in [0.2, 0.25) is 0 Å². The summed E-state index contributed by atoms with van der Waals surface area (Å²) in [6, 6.07) is 0. The van der Waals surface area contributed by atoms with E-state index in [1.54, 1.807) is 0 Å². The van der Waals surface area contributed by atoms with E-state index in [9.17, 15) is 10.2 Å². The quantitative estimate of drug-likeness (QED) is 0.740. The Morgan fingerprint density at radius 2 is 2.22 bits per heavy atom. The molecule has 0 radical (unpaired) electrons. The van der Waals surface area contributed by atoms with Crippen molar-refractivity contribution in [2.75, 3.05) is 6.61 Å². The number of hydrogen-bond acceptors (Lipinski definition) is 3. The molecule has 0 amide bonds. The number of ether oxygens (including phenoxy) is 1. The highest BCUT2D eigenvalue weighted by atomic mass is 16.6. The Balaban J connectivity index is 2.00. The molecule has 3 nitrogen and oxygen atoms in total. The second-order valence-electron chi connectivity index (χ2n) is 6.74. The first kappa shape index (κ1) is 12.6. The third-order valence-corrected chi connectivity index (χ3v) is 5.75. The van der Waals surface area contributed by atoms with Crippen molar-refractivity contribution in [2.45, 2.75) is 50.9 Å². The number of aliphatic hydroxyl groups is 2. The lowest BCUT2D eigenvalue weighted by Gasteiger charge is -2.43. The molecule has 6 unspecified atom stereocenters. The van der Waals surface area contributed by atoms with Crippen LogP contribution in [0.15, 0.2) is 12.2 Å². The third kappa shape index (κ3) is 1.41. The van der Waals surface area contributed by atoms with E-state index in [0.29, 0.717) is 18.3 Å². The fourth-order valence-corrected chi connectivity index (χ4v) is 4.65. The predicted octanol–water partition coefficient (Wildman–Crippen LogP) is 2.08. The molecular formula is C15H24O3. The highest BCUT2D eigenvalue weighted by Gasteiger charge is 2.66. The van der Waals surface area contributed by atoms with Crippen LogP contribution in [0.25, 0.3) is 0 Å². The number of fused-ring (bicyclic) bond motifs is 1. The second kappa shape index (κ2) is 3.81. The Hall–Kier alpha value is -0.380. The van der Waals surface area contributed by atoms with E-state index in [1.807, 2.05) is 6.92 Å². The van der Waals surface area contributed by atoms with Crippen LogP contribution in [0, 0.1) is 23.7 Å². The van der Waals surface area contributed by atoms with Gasteiger partial charge in [-0.05, 0) is 31.1 Å². The summed E-state index contributed by atoms with van der Waals surface area (Å²) in [7, 11) is 0. The van der Waals surface area contributed by atoms with E-state index < -0.39 is 5.79 Å². The smallest absolute Gasteiger partial charge is 0.173 e. The largest absolute Gasteiger partial charge is 0.396 e. The summed E-state index contributed by atoms with van der Waals surface area (Å²) in [4.78, 5) is 0. The van der Waals surface area contributed by atoms with Crippen molar-refractivity contribution >= 4 is 0 Å². The molecule has 0 aromatic rings. The zero-order valence-corrected chi connectivity index (χ0v) is 11.4. The SMILES string of the molecule is C=C1CC2(O)OC3(CC2C(C)CO)C(C)CCC13. The molecule has 3 fully saturated rings. The van der Waals surface area contributed by atoms with Gasteiger partial charge in [-0.15, -0.1) is 0 Å². The Kier molecular flexibility index (Phi) is 2.68. The van der Waals surface area contributed by atoms with Crippen LogP contribution in [0.3, 0.4) is 0 Å². The van der Waals surface area contributed by atoms with E-state index in [2.05, 4.69) is 13.5 Å². The topological polar surface area (TPSA) is 49.7 Å². The van der Waals surface area contributed by atoms with Crippen molar-refractivity contribution in [1.29, 1.82) is 0 Å². The zero-order valence-electron chi connectivity index (χ0n) is 11.4. The van der Waals surface area contributed by atoms with Crippen molar-refractivity contribution in [3.05, 3.63) is 12.2 Å². The van der Waals surface area contributed by atoms with Crippen LogP contribution in [0.4, 0.5) is 0 Å². The van der Waals surface area contributed by atoms with Crippen LogP contribution in [0.5, 0.6) is 0 Å². The first-order valence-electron chi connectivity index (χ1n) is 7.14. The molecule has 1 spiro atoms. The minimum Gasteiger partial charge on any atom is -0.396 e. The maximum absolute atomic E-state index is 10.8. The summed E-state index contributed by atoms with van der Waals surface area (Å²) in [5.74, 6) is -0.0990. The molecule has 2 N–H and O–H groups in total. The fourth-order valence-electron chi connectivity index (χ4n) is 4.65. The van der Waals surface area contributed by atoms with Crippen LogP contribution >= 0.6 is 0 Å². The molecule has 2 aliphatic heterocycles. The first-order valence-corrected chi connectivity index (χ1v) is 7.14. The van der Waals surface area contributed by atoms with Gasteiger partial charge in [0.05, 0.1) is 5.60 Å². The molecule has 2 saturated heterocycles. The van der Waals surface area contributed by atoms with E-state index >= 15 is 0 Å². The van der Waals surface area contributed by atoms with Crippen molar-refractivity contribution in [2.24, 2.45) is 23.7 Å². The minimum absolute atomic E-state index is 0.0322. The lowest BCUT2D eigenvalue weighted by Crippen LogP contribution is -2.48. The summed E-state index contributed by atoms with van der Waals surface area (Å²) in [5.41, 5.74) is 0.943. The van der Waals surface area contributed by atoms with Crippen LogP contribution in [-0.4, -0.2) is 28.2 Å². The van der Waals surface area contributed by atoms with Gasteiger partial charge >= 0.3 is 0 Å². The van der Waals surface area contributed by atoms with Crippen LogP contribution in [0.1, 0.15) is 39.5 Å². The highest BCUT2D eigenvalue weighted by Crippen LogP contribution is 2.63. The Bertz CT molecular complexity index is 380. The molecule has 3 heteroatoms. The van der Waals surface area contributed by atoms with E-state index in [0.717, 1.165) is 24.8 Å². The van der Waals surface area contributed by atoms with Gasteiger partial charge in [-0.25, -0.2) is 0 Å². The van der Waals surface area contributed by atoms with Gasteiger partial charge < -0.3 is 14.9 Å². The van der Waals surface area contributed by atoms with Crippen molar-refractivity contribution in [3.63, 3.8) is 0 Å². The highest BCUT2D eigenvalue weighted by molar-refractivity contribution is 5.24. The van der Waals surface area contributed by atoms with E-state index in [1.165, 1.54) is 0 Å². The van der Waals surface area contributed by atoms with Gasteiger partial charge in [0.1, 0.15) is 0 Å². The molecule has 18 heavy (non-hydrogen) atoms. The zero-order chi connectivity index (χ0) is 13.1. The van der Waals surface area contributed by atoms with Gasteiger partial charge in [-0.2, -0.15) is 0 Å². The monoisotopic (exact) mass is 252 g/mol. The molecule has 2 heterocycles. The molecule has 0 aromatic heterocycles. The van der Waals surface area contributed by atoms with Gasteiger partial charge in [-0.1, -0.05) is 26.0 Å². The van der Waals surface area contributed by atoms with Gasteiger partial charge in [0.15, 0.2) is 5.79 Å². The maximum atomic E-state index is 10.8. The van der Waals surface area contributed by atoms with Gasteiger partial charge in [-0.3, -0.25) is 0 Å². The number of hydrogen-bond donors (Lipinski definition) is 2. The molecular weight excluding hydrogens is 228 g/mol. The molecule has 3 aliphatic rings. The molecule has 3 rings (SSSR count). The normalized spacial score (nSPS) is 52.4. The predicted molar refractivity (Wildman–Crippen MR) is 68.8 cm³/mol. The molecule has 102 valence electrons. The summed E-state index contributed by atoms with van der Waals surface area (Å²) >= 11 is 0. The fraction of sp³-hybridized carbons (Fsp3) is 0.867. The Morgan fingerprint density at radius 1 is 1.50 bits per heavy atom. The summed E-state index contributed by atoms with van der Waals surface area (Å²) < 4.78 is 6.20. The van der Waals surface area contributed by atoms with Crippen LogP contribution < -0.4 is 0 Å². The Morgan fingerprint density at radius 3 is 2.89 bits per heavy atom. The average molecular weight is 252 g/mol. The number of aliphatic hydroxyl groups excluding tert-OH is 1. The van der Waals surface area contributed by atoms with Gasteiger partial charge in [0.2, 0.25) is 0 Å². The average Bonchev–Trinajstić information content (AvgIpc) is 2.76. The molecule has 1 saturated carbocycles. The number of rotatable bonds is 2. The van der Waals surface area contributed by atoms with Gasteiger partial charge in [0.25, 0.3) is 0 Å². The summed E-state index contributed by atoms with van der Waals surface area (Å²) in [6.45, 7) is 8.53. The van der Waals surface area contributed by atoms with E-state index in [-0.39, 0.29) is 24.0 Å². The summed E-state index contributed by atoms with van der Waals surface area (Å²) in [6.07, 6.45) is 3.70. The molecule has 0 aromatic carbocycles. The lowest BCUT2D eigenvalue weighted by molar-refractivity contribution is -0.270. The minimum atomic E-state index is -1.09. The third-order valence-electron chi connectivity index (χ3n) is 5.75. The van der Waals surface area contributed by atoms with Crippen molar-refractivity contribution < 1.29 is 14.9 Å². The summed E-state index contributed by atoms with van der Waals surface area (Å²) in [5, 5.41) is 20.2. The molecule has 1 aliphatic carbocycles. The van der Waals surface area contributed by atoms with Gasteiger partial charge in [0, 0.05) is 24.9 Å².